The van der Waals surface area contributed by atoms with Crippen molar-refractivity contribution in [1.82, 2.24) is 0 Å². The predicted octanol–water partition coefficient (Wildman–Crippen LogP) is 6.09. The van der Waals surface area contributed by atoms with E-state index in [0.717, 1.165) is 22.3 Å². The molecule has 10 heteroatoms. The highest BCUT2D eigenvalue weighted by Gasteiger charge is 2.56. The molecule has 0 saturated carbocycles. The smallest absolute Gasteiger partial charge is 0.314 e. The van der Waals surface area contributed by atoms with Gasteiger partial charge in [0, 0.05) is 12.8 Å². The minimum Gasteiger partial charge on any atom is -0.465 e. The first-order chi connectivity index (χ1) is 24.1. The second-order valence-electron chi connectivity index (χ2n) is 13.1. The monoisotopic (exact) mass is 682 g/mol. The molecule has 4 unspecified atom stereocenters. The van der Waals surface area contributed by atoms with Gasteiger partial charge in [-0.1, -0.05) is 121 Å². The molecule has 10 nitrogen and oxygen atoms in total. The number of aliphatic hydroxyl groups is 2. The fraction of sp³-hybridized carbons (Fsp3) is 0.350. The minimum atomic E-state index is -1.93. The molecule has 0 spiro atoms. The first-order valence-electron chi connectivity index (χ1n) is 16.8. The van der Waals surface area contributed by atoms with E-state index in [-0.39, 0.29) is 26.1 Å². The van der Waals surface area contributed by atoms with Crippen molar-refractivity contribution >= 4 is 11.9 Å². The zero-order valence-electron chi connectivity index (χ0n) is 28.1. The molecule has 0 radical (unpaired) electrons. The summed E-state index contributed by atoms with van der Waals surface area (Å²) in [7, 11) is 0. The predicted molar refractivity (Wildman–Crippen MR) is 180 cm³/mol. The second-order valence-corrected chi connectivity index (χ2v) is 13.1. The van der Waals surface area contributed by atoms with E-state index in [1.807, 2.05) is 121 Å². The number of esters is 2. The third-order valence-electron chi connectivity index (χ3n) is 9.54. The quantitative estimate of drug-likeness (QED) is 0.109. The van der Waals surface area contributed by atoms with Gasteiger partial charge in [0.15, 0.2) is 11.2 Å². The normalized spacial score (nSPS) is 25.7. The third-order valence-corrected chi connectivity index (χ3v) is 9.54. The Hall–Kier alpha value is -4.42. The van der Waals surface area contributed by atoms with Crippen LogP contribution in [0.1, 0.15) is 61.8 Å². The Morgan fingerprint density at radius 1 is 0.540 bits per heavy atom. The van der Waals surface area contributed by atoms with E-state index >= 15 is 0 Å². The fourth-order valence-electron chi connectivity index (χ4n) is 6.63. The van der Waals surface area contributed by atoms with Gasteiger partial charge in [-0.3, -0.25) is 9.59 Å². The van der Waals surface area contributed by atoms with Gasteiger partial charge in [-0.15, -0.1) is 0 Å². The number of rotatable bonds is 11. The minimum absolute atomic E-state index is 0.0245. The Bertz CT molecular complexity index is 1500. The number of carbonyl (C=O) groups excluding carboxylic acids is 2. The summed E-state index contributed by atoms with van der Waals surface area (Å²) >= 11 is 0. The van der Waals surface area contributed by atoms with E-state index in [0.29, 0.717) is 12.8 Å². The van der Waals surface area contributed by atoms with Gasteiger partial charge in [0.2, 0.25) is 11.6 Å². The number of ether oxygens (including phenoxy) is 2. The lowest BCUT2D eigenvalue weighted by molar-refractivity contribution is -0.489. The Morgan fingerprint density at radius 2 is 0.820 bits per heavy atom. The molecule has 6 rings (SSSR count). The Balaban J connectivity index is 1.06. The molecule has 0 bridgehead atoms. The zero-order chi connectivity index (χ0) is 35.2. The average Bonchev–Trinajstić information content (AvgIpc) is 3.14. The number of hydrogen-bond donors (Lipinski definition) is 2. The number of unbranched alkanes of at least 4 members (excludes halogenated alkanes) is 1. The molecule has 2 saturated heterocycles. The number of benzene rings is 4. The summed E-state index contributed by atoms with van der Waals surface area (Å²) in [6, 6.07) is 37.6. The zero-order valence-corrected chi connectivity index (χ0v) is 28.1. The first kappa shape index (κ1) is 35.4. The van der Waals surface area contributed by atoms with Crippen LogP contribution in [0.2, 0.25) is 0 Å². The highest BCUT2D eigenvalue weighted by molar-refractivity contribution is 5.74. The average molecular weight is 683 g/mol. The van der Waals surface area contributed by atoms with E-state index in [1.54, 1.807) is 0 Å². The third kappa shape index (κ3) is 7.22. The highest BCUT2D eigenvalue weighted by atomic mass is 17.2. The lowest BCUT2D eigenvalue weighted by atomic mass is 9.76. The molecule has 4 atom stereocenters. The van der Waals surface area contributed by atoms with Crippen molar-refractivity contribution < 1.29 is 48.8 Å². The molecule has 2 N–H and O–H groups in total. The van der Waals surface area contributed by atoms with Crippen LogP contribution in [-0.4, -0.2) is 46.9 Å². The summed E-state index contributed by atoms with van der Waals surface area (Å²) in [5.41, 5.74) is 0.743. The largest absolute Gasteiger partial charge is 0.465 e. The molecule has 2 aliphatic rings. The molecule has 2 aliphatic heterocycles. The van der Waals surface area contributed by atoms with Crippen LogP contribution in [0.15, 0.2) is 121 Å². The van der Waals surface area contributed by atoms with Crippen LogP contribution < -0.4 is 0 Å². The number of hydrogen-bond acceptors (Lipinski definition) is 10. The maximum atomic E-state index is 13.4. The Kier molecular flexibility index (Phi) is 10.5. The van der Waals surface area contributed by atoms with Crippen LogP contribution >= 0.6 is 0 Å². The van der Waals surface area contributed by atoms with Gasteiger partial charge in [-0.25, -0.2) is 9.78 Å². The SMILES string of the molecule is CC1(O)OOC(c2ccccc2)(c2ccccc2)CC1C(=O)OCCCCOC(=O)C1CC(c2ccccc2)(c2ccccc2)OOC1(C)O. The summed E-state index contributed by atoms with van der Waals surface area (Å²) in [5.74, 6) is -7.28. The molecule has 4 aromatic rings. The lowest BCUT2D eigenvalue weighted by Gasteiger charge is -2.45. The van der Waals surface area contributed by atoms with Crippen LogP contribution in [0.4, 0.5) is 0 Å². The topological polar surface area (TPSA) is 130 Å². The lowest BCUT2D eigenvalue weighted by Crippen LogP contribution is -2.53. The van der Waals surface area contributed by atoms with Crippen LogP contribution in [0.5, 0.6) is 0 Å². The van der Waals surface area contributed by atoms with Gasteiger partial charge in [-0.05, 0) is 48.9 Å². The van der Waals surface area contributed by atoms with E-state index < -0.39 is 46.6 Å². The van der Waals surface area contributed by atoms with Crippen molar-refractivity contribution in [2.75, 3.05) is 13.2 Å². The van der Waals surface area contributed by atoms with E-state index in [9.17, 15) is 19.8 Å². The highest BCUT2D eigenvalue weighted by Crippen LogP contribution is 2.48. The van der Waals surface area contributed by atoms with Crippen molar-refractivity contribution in [3.05, 3.63) is 144 Å². The van der Waals surface area contributed by atoms with Gasteiger partial charge in [0.25, 0.3) is 0 Å². The van der Waals surface area contributed by atoms with Gasteiger partial charge in [-0.2, -0.15) is 9.78 Å². The summed E-state index contributed by atoms with van der Waals surface area (Å²) < 4.78 is 11.2. The standard InChI is InChI=1S/C40H42O10/c1-37(43)33(27-39(49-47-37,29-17-7-3-8-18-29)30-19-9-4-10-20-30)35(41)45-25-15-16-26-46-36(42)34-28-40(50-48-38(34,2)44,31-21-11-5-12-22-31)32-23-13-6-14-24-32/h3-14,17-24,33-34,43-44H,15-16,25-28H2,1-2H3. The molecule has 4 aromatic carbocycles. The molecule has 0 amide bonds. The van der Waals surface area contributed by atoms with Crippen molar-refractivity contribution in [3.63, 3.8) is 0 Å². The van der Waals surface area contributed by atoms with Crippen LogP contribution in [0, 0.1) is 11.8 Å². The van der Waals surface area contributed by atoms with Gasteiger partial charge in [0.05, 0.1) is 13.2 Å². The maximum Gasteiger partial charge on any atom is 0.314 e. The summed E-state index contributed by atoms with van der Waals surface area (Å²) in [4.78, 5) is 49.6. The molecule has 2 fully saturated rings. The molecule has 50 heavy (non-hydrogen) atoms. The summed E-state index contributed by atoms with van der Waals surface area (Å²) in [6.45, 7) is 2.79. The van der Waals surface area contributed by atoms with Gasteiger partial charge < -0.3 is 19.7 Å². The fourth-order valence-corrected chi connectivity index (χ4v) is 6.63. The van der Waals surface area contributed by atoms with Gasteiger partial charge >= 0.3 is 11.9 Å². The van der Waals surface area contributed by atoms with Gasteiger partial charge in [0.1, 0.15) is 11.8 Å². The van der Waals surface area contributed by atoms with Crippen LogP contribution in [0.25, 0.3) is 0 Å². The molecule has 262 valence electrons. The van der Waals surface area contributed by atoms with Crippen molar-refractivity contribution in [1.29, 1.82) is 0 Å². The van der Waals surface area contributed by atoms with Crippen molar-refractivity contribution in [3.8, 4) is 0 Å². The summed E-state index contributed by atoms with van der Waals surface area (Å²) in [5, 5.41) is 22.1. The summed E-state index contributed by atoms with van der Waals surface area (Å²) in [6.07, 6.45) is 0.912. The van der Waals surface area contributed by atoms with Crippen molar-refractivity contribution in [2.24, 2.45) is 11.8 Å². The van der Waals surface area contributed by atoms with Crippen LogP contribution in [-0.2, 0) is 49.8 Å². The van der Waals surface area contributed by atoms with E-state index in [1.165, 1.54) is 13.8 Å². The van der Waals surface area contributed by atoms with E-state index in [4.69, 9.17) is 29.0 Å². The van der Waals surface area contributed by atoms with Crippen LogP contribution in [0.3, 0.4) is 0 Å². The molecule has 0 aliphatic carbocycles. The van der Waals surface area contributed by atoms with Crippen molar-refractivity contribution in [2.45, 2.75) is 62.3 Å². The molecule has 0 aromatic heterocycles. The number of carbonyl (C=O) groups is 2. The molecule has 2 heterocycles. The molecular weight excluding hydrogens is 640 g/mol. The second kappa shape index (κ2) is 14.8. The first-order valence-corrected chi connectivity index (χ1v) is 16.8. The van der Waals surface area contributed by atoms with E-state index in [2.05, 4.69) is 0 Å². The Morgan fingerprint density at radius 3 is 1.10 bits per heavy atom. The molecular formula is C40H42O10. The Labute approximate surface area is 291 Å². The maximum absolute atomic E-state index is 13.4.